The van der Waals surface area contributed by atoms with Gasteiger partial charge in [0.25, 0.3) is 5.92 Å². The van der Waals surface area contributed by atoms with Crippen molar-refractivity contribution in [3.05, 3.63) is 10.4 Å². The van der Waals surface area contributed by atoms with Gasteiger partial charge in [0.05, 0.1) is 12.1 Å². The smallest absolute Gasteiger partial charge is 0.250 e. The van der Waals surface area contributed by atoms with E-state index in [4.69, 9.17) is 10.6 Å². The molecule has 1 aliphatic rings. The average molecular weight is 177 g/mol. The Kier molecular flexibility index (Phi) is 2.49. The van der Waals surface area contributed by atoms with Gasteiger partial charge in [-0.05, 0) is 12.0 Å². The fourth-order valence-electron chi connectivity index (χ4n) is 1.30. The fraction of sp³-hybridized carbons (Fsp3) is 1.00. The van der Waals surface area contributed by atoms with Crippen LogP contribution in [0.4, 0.5) is 8.78 Å². The van der Waals surface area contributed by atoms with Crippen LogP contribution >= 0.6 is 0 Å². The van der Waals surface area contributed by atoms with Gasteiger partial charge in [0.1, 0.15) is 0 Å². The van der Waals surface area contributed by atoms with Gasteiger partial charge in [-0.15, -0.1) is 0 Å². The van der Waals surface area contributed by atoms with Gasteiger partial charge in [-0.3, -0.25) is 0 Å². The summed E-state index contributed by atoms with van der Waals surface area (Å²) < 4.78 is 25.1. The molecule has 1 saturated carbocycles. The summed E-state index contributed by atoms with van der Waals surface area (Å²) >= 11 is 0. The number of hydrogen-bond acceptors (Lipinski definition) is 2. The second-order valence-corrected chi connectivity index (χ2v) is 2.94. The number of aliphatic hydroxyl groups is 1. The third-order valence-electron chi connectivity index (χ3n) is 1.96. The highest BCUT2D eigenvalue weighted by molar-refractivity contribution is 4.88. The van der Waals surface area contributed by atoms with Gasteiger partial charge in [-0.2, -0.15) is 0 Å². The molecule has 2 atom stereocenters. The Bertz CT molecular complexity index is 215. The molecule has 0 radical (unpaired) electrons. The molecule has 0 bridgehead atoms. The summed E-state index contributed by atoms with van der Waals surface area (Å²) in [4.78, 5) is 2.48. The molecule has 0 heterocycles. The quantitative estimate of drug-likeness (QED) is 0.370. The Morgan fingerprint density at radius 2 is 2.25 bits per heavy atom. The van der Waals surface area contributed by atoms with E-state index >= 15 is 0 Å². The van der Waals surface area contributed by atoms with E-state index in [1.807, 2.05) is 0 Å². The van der Waals surface area contributed by atoms with E-state index in [1.165, 1.54) is 0 Å². The van der Waals surface area contributed by atoms with Crippen molar-refractivity contribution >= 4 is 0 Å². The number of hydrogen-bond donors (Lipinski definition) is 1. The highest BCUT2D eigenvalue weighted by Gasteiger charge is 2.40. The lowest BCUT2D eigenvalue weighted by atomic mass is 9.90. The molecule has 2 unspecified atom stereocenters. The first-order valence-corrected chi connectivity index (χ1v) is 3.65. The lowest BCUT2D eigenvalue weighted by molar-refractivity contribution is -0.0824. The Hall–Kier alpha value is -0.870. The zero-order chi connectivity index (χ0) is 9.19. The van der Waals surface area contributed by atoms with Crippen LogP contribution in [0, 0.1) is 0 Å². The van der Waals surface area contributed by atoms with E-state index in [-0.39, 0.29) is 12.8 Å². The summed E-state index contributed by atoms with van der Waals surface area (Å²) in [5.74, 6) is -2.80. The molecule has 4 nitrogen and oxygen atoms in total. The van der Waals surface area contributed by atoms with E-state index < -0.39 is 24.5 Å². The molecule has 0 amide bonds. The van der Waals surface area contributed by atoms with Crippen LogP contribution < -0.4 is 0 Å². The second kappa shape index (κ2) is 3.25. The summed E-state index contributed by atoms with van der Waals surface area (Å²) in [5, 5.41) is 12.3. The van der Waals surface area contributed by atoms with Gasteiger partial charge >= 0.3 is 0 Å². The van der Waals surface area contributed by atoms with Crippen LogP contribution in [0.2, 0.25) is 0 Å². The van der Waals surface area contributed by atoms with Crippen LogP contribution in [0.3, 0.4) is 0 Å². The topological polar surface area (TPSA) is 69.0 Å². The SMILES string of the molecule is [N-]=[N+]=NC1CCC(F)(F)CC1O. The van der Waals surface area contributed by atoms with Gasteiger partial charge in [0.15, 0.2) is 0 Å². The fourth-order valence-corrected chi connectivity index (χ4v) is 1.30. The van der Waals surface area contributed by atoms with Crippen LogP contribution in [0.5, 0.6) is 0 Å². The molecule has 12 heavy (non-hydrogen) atoms. The first-order valence-electron chi connectivity index (χ1n) is 3.65. The summed E-state index contributed by atoms with van der Waals surface area (Å²) in [7, 11) is 0. The minimum absolute atomic E-state index is 0.0538. The summed E-state index contributed by atoms with van der Waals surface area (Å²) in [6.45, 7) is 0. The van der Waals surface area contributed by atoms with E-state index in [9.17, 15) is 8.78 Å². The Labute approximate surface area is 67.8 Å². The standard InChI is InChI=1S/C6H9F2N3O/c7-6(8)2-1-4(10-11-9)5(12)3-6/h4-5,12H,1-3H2. The molecule has 0 aromatic carbocycles. The van der Waals surface area contributed by atoms with Crippen LogP contribution in [-0.2, 0) is 0 Å². The number of halogens is 2. The highest BCUT2D eigenvalue weighted by atomic mass is 19.3. The number of nitrogens with zero attached hydrogens (tertiary/aromatic N) is 3. The predicted octanol–water partition coefficient (Wildman–Crippen LogP) is 1.85. The van der Waals surface area contributed by atoms with Crippen LogP contribution in [0.15, 0.2) is 5.11 Å². The second-order valence-electron chi connectivity index (χ2n) is 2.94. The zero-order valence-electron chi connectivity index (χ0n) is 6.32. The molecule has 0 aromatic heterocycles. The molecule has 0 aromatic rings. The molecule has 68 valence electrons. The van der Waals surface area contributed by atoms with Crippen LogP contribution in [-0.4, -0.2) is 23.2 Å². The molecule has 1 fully saturated rings. The highest BCUT2D eigenvalue weighted by Crippen LogP contribution is 2.34. The van der Waals surface area contributed by atoms with Crippen molar-refractivity contribution < 1.29 is 13.9 Å². The summed E-state index contributed by atoms with van der Waals surface area (Å²) in [5.41, 5.74) is 8.03. The summed E-state index contributed by atoms with van der Waals surface area (Å²) in [6, 6.07) is -0.686. The number of aliphatic hydroxyl groups excluding tert-OH is 1. The number of azide groups is 1. The average Bonchev–Trinajstić information content (AvgIpc) is 1.94. The van der Waals surface area contributed by atoms with E-state index in [2.05, 4.69) is 10.0 Å². The van der Waals surface area contributed by atoms with Crippen molar-refractivity contribution in [1.29, 1.82) is 0 Å². The van der Waals surface area contributed by atoms with Crippen molar-refractivity contribution in [3.8, 4) is 0 Å². The van der Waals surface area contributed by atoms with Crippen molar-refractivity contribution in [1.82, 2.24) is 0 Å². The normalized spacial score (nSPS) is 33.9. The van der Waals surface area contributed by atoms with Crippen molar-refractivity contribution in [2.75, 3.05) is 0 Å². The third-order valence-corrected chi connectivity index (χ3v) is 1.96. The van der Waals surface area contributed by atoms with Crippen molar-refractivity contribution in [3.63, 3.8) is 0 Å². The molecule has 1 aliphatic carbocycles. The molecular formula is C6H9F2N3O. The van der Waals surface area contributed by atoms with Gasteiger partial charge in [-0.1, -0.05) is 5.11 Å². The lowest BCUT2D eigenvalue weighted by Gasteiger charge is -2.29. The third kappa shape index (κ3) is 2.06. The Balaban J connectivity index is 2.59. The van der Waals surface area contributed by atoms with E-state index in [1.54, 1.807) is 0 Å². The van der Waals surface area contributed by atoms with Gasteiger partial charge < -0.3 is 5.11 Å². The Morgan fingerprint density at radius 1 is 1.58 bits per heavy atom. The number of rotatable bonds is 1. The predicted molar refractivity (Wildman–Crippen MR) is 37.7 cm³/mol. The maximum Gasteiger partial charge on any atom is 0.250 e. The van der Waals surface area contributed by atoms with Gasteiger partial charge in [-0.25, -0.2) is 8.78 Å². The Morgan fingerprint density at radius 3 is 2.75 bits per heavy atom. The van der Waals surface area contributed by atoms with E-state index in [0.29, 0.717) is 0 Å². The zero-order valence-corrected chi connectivity index (χ0v) is 6.32. The van der Waals surface area contributed by atoms with Crippen molar-refractivity contribution in [2.24, 2.45) is 5.11 Å². The first kappa shape index (κ1) is 9.22. The molecule has 0 spiro atoms. The molecule has 0 aliphatic heterocycles. The maximum atomic E-state index is 12.6. The maximum absolute atomic E-state index is 12.6. The van der Waals surface area contributed by atoms with Crippen LogP contribution in [0.1, 0.15) is 19.3 Å². The van der Waals surface area contributed by atoms with Gasteiger partial charge in [0.2, 0.25) is 0 Å². The first-order chi connectivity index (χ1) is 5.55. The minimum Gasteiger partial charge on any atom is -0.392 e. The lowest BCUT2D eigenvalue weighted by Crippen LogP contribution is -2.38. The van der Waals surface area contributed by atoms with E-state index in [0.717, 1.165) is 0 Å². The molecule has 6 heteroatoms. The molecule has 1 N–H and O–H groups in total. The number of alkyl halides is 2. The van der Waals surface area contributed by atoms with Gasteiger partial charge in [0, 0.05) is 17.8 Å². The molecule has 0 saturated heterocycles. The van der Waals surface area contributed by atoms with Crippen molar-refractivity contribution in [2.45, 2.75) is 37.3 Å². The monoisotopic (exact) mass is 177 g/mol. The molecule has 1 rings (SSSR count). The van der Waals surface area contributed by atoms with Crippen LogP contribution in [0.25, 0.3) is 10.4 Å². The minimum atomic E-state index is -2.80. The summed E-state index contributed by atoms with van der Waals surface area (Å²) in [6.07, 6.45) is -2.06. The largest absolute Gasteiger partial charge is 0.392 e. The molecular weight excluding hydrogens is 168 g/mol.